The van der Waals surface area contributed by atoms with E-state index in [0.29, 0.717) is 5.92 Å². The molecule has 0 saturated heterocycles. The van der Waals surface area contributed by atoms with Crippen LogP contribution < -0.4 is 46.8 Å². The van der Waals surface area contributed by atoms with Crippen molar-refractivity contribution in [3.05, 3.63) is 168 Å². The Bertz CT molecular complexity index is 2750. The third kappa shape index (κ3) is 5.67. The zero-order valence-electron chi connectivity index (χ0n) is 36.0. The van der Waals surface area contributed by atoms with Gasteiger partial charge in [-0.2, -0.15) is 0 Å². The van der Waals surface area contributed by atoms with Gasteiger partial charge in [0.2, 0.25) is 0 Å². The van der Waals surface area contributed by atoms with Crippen molar-refractivity contribution in [2.75, 3.05) is 4.90 Å². The summed E-state index contributed by atoms with van der Waals surface area (Å²) in [4.78, 5) is 2.61. The molecule has 60 heavy (non-hydrogen) atoms. The monoisotopic (exact) mass is 795 g/mol. The maximum absolute atomic E-state index is 7.19. The lowest BCUT2D eigenvalue weighted by Gasteiger charge is -2.42. The van der Waals surface area contributed by atoms with Crippen LogP contribution in [0.2, 0.25) is 0 Å². The Hall–Kier alpha value is -5.58. The molecule has 0 N–H and O–H groups in total. The van der Waals surface area contributed by atoms with Crippen molar-refractivity contribution < 1.29 is 4.74 Å². The Kier molecular flexibility index (Phi) is 8.56. The van der Waals surface area contributed by atoms with E-state index >= 15 is 0 Å². The van der Waals surface area contributed by atoms with Crippen LogP contribution in [0.25, 0.3) is 11.1 Å². The van der Waals surface area contributed by atoms with E-state index in [9.17, 15) is 0 Å². The van der Waals surface area contributed by atoms with Crippen LogP contribution in [-0.2, 0) is 10.8 Å². The molecule has 2 nitrogen and oxygen atoms in total. The first kappa shape index (κ1) is 37.4. The highest BCUT2D eigenvalue weighted by molar-refractivity contribution is 7.22. The van der Waals surface area contributed by atoms with E-state index in [1.54, 1.807) is 0 Å². The summed E-state index contributed by atoms with van der Waals surface area (Å²) in [6.45, 7) is 13.9. The molecule has 7 aromatic carbocycles. The van der Waals surface area contributed by atoms with Crippen LogP contribution in [0.3, 0.4) is 0 Å². The van der Waals surface area contributed by atoms with Gasteiger partial charge in [-0.3, -0.25) is 0 Å². The average molecular weight is 796 g/mol. The van der Waals surface area contributed by atoms with Gasteiger partial charge in [-0.15, -0.1) is 0 Å². The molecule has 4 aliphatic rings. The predicted molar refractivity (Wildman–Crippen MR) is 258 cm³/mol. The first-order valence-corrected chi connectivity index (χ1v) is 24.3. The lowest BCUT2D eigenvalue weighted by molar-refractivity contribution is 0.440. The van der Waals surface area contributed by atoms with Crippen LogP contribution in [0, 0.1) is 0 Å². The molecule has 0 amide bonds. The maximum Gasteiger partial charge on any atom is 0.256 e. The van der Waals surface area contributed by atoms with Crippen LogP contribution in [-0.4, -0.2) is 14.8 Å². The van der Waals surface area contributed by atoms with E-state index in [4.69, 9.17) is 4.74 Å². The smallest absolute Gasteiger partial charge is 0.256 e. The van der Waals surface area contributed by atoms with Gasteiger partial charge >= 0.3 is 0 Å². The fraction of sp³-hybridized carbons (Fsp3) is 0.250. The standard InChI is InChI=1S/C56H54BNOSi/c1-55(2,3)39-26-29-41(30-27-39)58-48-35-45-44-24-16-17-25-52(44)60(42-20-12-8-13-21-42,43-22-14-9-15-23-43)53(45)36-46(48)57-47-34-40(56(4,5)6)28-31-50(47)59-51-33-38(32-49(58)54(51)57)37-18-10-7-11-19-37/h8-9,12-17,20-37H,7,10-11,18-19H2,1-6H3. The Morgan fingerprint density at radius 1 is 0.533 bits per heavy atom. The Balaban J connectivity index is 1.26. The first-order chi connectivity index (χ1) is 29.0. The minimum Gasteiger partial charge on any atom is -0.458 e. The van der Waals surface area contributed by atoms with Crippen molar-refractivity contribution in [1.82, 2.24) is 0 Å². The van der Waals surface area contributed by atoms with Crippen molar-refractivity contribution in [3.63, 3.8) is 0 Å². The summed E-state index contributed by atoms with van der Waals surface area (Å²) >= 11 is 0. The predicted octanol–water partition coefficient (Wildman–Crippen LogP) is 10.1. The van der Waals surface area contributed by atoms with Crippen LogP contribution in [0.15, 0.2) is 152 Å². The molecule has 0 spiro atoms. The van der Waals surface area contributed by atoms with E-state index in [0.717, 1.165) is 11.5 Å². The summed E-state index contributed by atoms with van der Waals surface area (Å²) in [6.07, 6.45) is 6.39. The second-order valence-corrected chi connectivity index (χ2v) is 23.7. The quantitative estimate of drug-likeness (QED) is 0.165. The molecule has 296 valence electrons. The summed E-state index contributed by atoms with van der Waals surface area (Å²) < 4.78 is 7.19. The molecule has 0 atom stereocenters. The molecule has 0 unspecified atom stereocenters. The number of rotatable bonds is 4. The van der Waals surface area contributed by atoms with Gasteiger partial charge < -0.3 is 9.64 Å². The SMILES string of the molecule is CC(C)(C)c1ccc(N2c3cc4c(cc3B3c5cc(C(C)(C)C)ccc5Oc5cc(C6CCCCC6)cc2c53)[Si](c2ccccc2)(c2ccccc2)c2ccccc2-4)cc1. The Morgan fingerprint density at radius 3 is 1.83 bits per heavy atom. The van der Waals surface area contributed by atoms with Crippen molar-refractivity contribution in [3.8, 4) is 22.6 Å². The molecule has 3 heterocycles. The highest BCUT2D eigenvalue weighted by atomic mass is 28.3. The number of anilines is 3. The van der Waals surface area contributed by atoms with Crippen LogP contribution in [0.4, 0.5) is 17.1 Å². The van der Waals surface area contributed by atoms with Crippen LogP contribution in [0.5, 0.6) is 11.5 Å². The van der Waals surface area contributed by atoms with E-state index in [2.05, 4.69) is 198 Å². The number of hydrogen-bond donors (Lipinski definition) is 0. The fourth-order valence-corrected chi connectivity index (χ4v) is 16.4. The molecule has 0 radical (unpaired) electrons. The minimum absolute atomic E-state index is 0.00816. The molecule has 0 aromatic heterocycles. The van der Waals surface area contributed by atoms with Crippen molar-refractivity contribution in [2.24, 2.45) is 0 Å². The molecular weight excluding hydrogens is 742 g/mol. The van der Waals surface area contributed by atoms with E-state index in [1.807, 2.05) is 0 Å². The number of fused-ring (bicyclic) bond motifs is 7. The minimum atomic E-state index is -2.76. The summed E-state index contributed by atoms with van der Waals surface area (Å²) in [7, 11) is -2.76. The van der Waals surface area contributed by atoms with Gasteiger partial charge in [-0.1, -0.05) is 176 Å². The lowest BCUT2D eigenvalue weighted by atomic mass is 9.34. The van der Waals surface area contributed by atoms with E-state index in [-0.39, 0.29) is 17.5 Å². The zero-order valence-corrected chi connectivity index (χ0v) is 37.0. The maximum atomic E-state index is 7.19. The molecule has 1 saturated carbocycles. The van der Waals surface area contributed by atoms with Gasteiger partial charge in [-0.25, -0.2) is 0 Å². The lowest BCUT2D eigenvalue weighted by Crippen LogP contribution is -2.73. The van der Waals surface area contributed by atoms with Crippen LogP contribution in [0.1, 0.15) is 96.3 Å². The van der Waals surface area contributed by atoms with Crippen molar-refractivity contribution in [2.45, 2.75) is 90.4 Å². The highest BCUT2D eigenvalue weighted by Crippen LogP contribution is 2.46. The van der Waals surface area contributed by atoms with Gasteiger partial charge in [-0.05, 0) is 131 Å². The number of hydrogen-bond acceptors (Lipinski definition) is 2. The largest absolute Gasteiger partial charge is 0.458 e. The van der Waals surface area contributed by atoms with Crippen molar-refractivity contribution >= 4 is 69.0 Å². The Morgan fingerprint density at radius 2 is 1.17 bits per heavy atom. The average Bonchev–Trinajstić information content (AvgIpc) is 3.55. The summed E-state index contributed by atoms with van der Waals surface area (Å²) in [5.41, 5.74) is 14.5. The molecule has 4 heteroatoms. The topological polar surface area (TPSA) is 12.5 Å². The molecule has 1 aliphatic carbocycles. The highest BCUT2D eigenvalue weighted by Gasteiger charge is 2.51. The fourth-order valence-electron chi connectivity index (χ4n) is 11.2. The van der Waals surface area contributed by atoms with E-state index in [1.165, 1.54) is 114 Å². The summed E-state index contributed by atoms with van der Waals surface area (Å²) in [5, 5.41) is 5.80. The van der Waals surface area contributed by atoms with Crippen LogP contribution >= 0.6 is 0 Å². The van der Waals surface area contributed by atoms with Gasteiger partial charge in [0.1, 0.15) is 11.5 Å². The molecule has 7 aromatic rings. The number of nitrogens with zero attached hydrogens (tertiary/aromatic N) is 1. The normalized spacial score (nSPS) is 16.3. The molecular formula is C56H54BNOSi. The third-order valence-electron chi connectivity index (χ3n) is 14.3. The van der Waals surface area contributed by atoms with Crippen molar-refractivity contribution in [1.29, 1.82) is 0 Å². The van der Waals surface area contributed by atoms with Gasteiger partial charge in [0.15, 0.2) is 8.07 Å². The molecule has 3 aliphatic heterocycles. The molecule has 1 fully saturated rings. The second kappa shape index (κ2) is 13.7. The third-order valence-corrected chi connectivity index (χ3v) is 19.2. The molecule has 0 bridgehead atoms. The first-order valence-electron chi connectivity index (χ1n) is 22.3. The Labute approximate surface area is 358 Å². The van der Waals surface area contributed by atoms with Gasteiger partial charge in [0.05, 0.1) is 0 Å². The number of ether oxygens (including phenoxy) is 1. The van der Waals surface area contributed by atoms with Gasteiger partial charge in [0.25, 0.3) is 6.71 Å². The zero-order chi connectivity index (χ0) is 41.0. The molecule has 11 rings (SSSR count). The number of benzene rings is 7. The summed E-state index contributed by atoms with van der Waals surface area (Å²) in [5.74, 6) is 2.54. The second-order valence-electron chi connectivity index (χ2n) is 19.9. The van der Waals surface area contributed by atoms with Gasteiger partial charge in [0, 0.05) is 17.1 Å². The van der Waals surface area contributed by atoms with E-state index < -0.39 is 8.07 Å². The summed E-state index contributed by atoms with van der Waals surface area (Å²) in [6, 6.07) is 59.0.